The molecule has 0 aliphatic heterocycles. The Bertz CT molecular complexity index is 727. The Hall–Kier alpha value is -1.08. The molecular weight excluding hydrogens is 424 g/mol. The van der Waals surface area contributed by atoms with Crippen molar-refractivity contribution in [3.05, 3.63) is 47.5 Å². The van der Waals surface area contributed by atoms with Crippen LogP contribution in [-0.2, 0) is 10.2 Å². The van der Waals surface area contributed by atoms with Crippen LogP contribution in [0.15, 0.2) is 36.4 Å². The van der Waals surface area contributed by atoms with Gasteiger partial charge in [0.2, 0.25) is 0 Å². The van der Waals surface area contributed by atoms with Crippen molar-refractivity contribution in [2.24, 2.45) is 5.41 Å². The van der Waals surface area contributed by atoms with E-state index in [1.165, 1.54) is 122 Å². The predicted octanol–water partition coefficient (Wildman–Crippen LogP) is 10.4. The van der Waals surface area contributed by atoms with Gasteiger partial charge in [-0.2, -0.15) is 0 Å². The van der Waals surface area contributed by atoms with Gasteiger partial charge in [0.25, 0.3) is 0 Å². The summed E-state index contributed by atoms with van der Waals surface area (Å²) in [5.74, 6) is 0.736. The summed E-state index contributed by atoms with van der Waals surface area (Å²) in [5, 5.41) is 0. The average Bonchev–Trinajstić information content (AvgIpc) is 2.92. The van der Waals surface area contributed by atoms with E-state index in [2.05, 4.69) is 50.3 Å². The summed E-state index contributed by atoms with van der Waals surface area (Å²) in [4.78, 5) is 0. The van der Waals surface area contributed by atoms with Crippen LogP contribution in [0.4, 0.5) is 0 Å². The minimum atomic E-state index is 0.469. The Morgan fingerprint density at radius 1 is 0.743 bits per heavy atom. The SMILES string of the molecule is CCCCC=CCOC1CCC(c2ccc(C34CCC(CCCCCCC)(CC3)CC4)cc2)CC1. The molecule has 2 bridgehead atoms. The first-order valence-corrected chi connectivity index (χ1v) is 15.6. The number of rotatable bonds is 14. The van der Waals surface area contributed by atoms with E-state index in [0.29, 0.717) is 16.9 Å². The van der Waals surface area contributed by atoms with E-state index < -0.39 is 0 Å². The van der Waals surface area contributed by atoms with E-state index >= 15 is 0 Å². The van der Waals surface area contributed by atoms with Crippen molar-refractivity contribution in [2.45, 2.75) is 153 Å². The number of ether oxygens (including phenoxy) is 1. The van der Waals surface area contributed by atoms with E-state index in [9.17, 15) is 0 Å². The highest BCUT2D eigenvalue weighted by Crippen LogP contribution is 2.59. The molecule has 4 fully saturated rings. The van der Waals surface area contributed by atoms with Gasteiger partial charge >= 0.3 is 0 Å². The van der Waals surface area contributed by atoms with Gasteiger partial charge in [0.15, 0.2) is 0 Å². The van der Waals surface area contributed by atoms with Crippen LogP contribution in [0.1, 0.15) is 153 Å². The Morgan fingerprint density at radius 2 is 1.40 bits per heavy atom. The second-order valence-electron chi connectivity index (χ2n) is 12.5. The van der Waals surface area contributed by atoms with Crippen LogP contribution < -0.4 is 0 Å². The molecule has 0 N–H and O–H groups in total. The number of fused-ring (bicyclic) bond motifs is 3. The van der Waals surface area contributed by atoms with Crippen LogP contribution in [0.3, 0.4) is 0 Å². The molecule has 4 saturated carbocycles. The van der Waals surface area contributed by atoms with Crippen LogP contribution in [0.5, 0.6) is 0 Å². The van der Waals surface area contributed by atoms with E-state index in [-0.39, 0.29) is 0 Å². The normalized spacial score (nSPS) is 30.8. The van der Waals surface area contributed by atoms with Crippen LogP contribution in [0.2, 0.25) is 0 Å². The Kier molecular flexibility index (Phi) is 10.4. The minimum absolute atomic E-state index is 0.469. The molecule has 0 heterocycles. The minimum Gasteiger partial charge on any atom is -0.374 e. The third-order valence-electron chi connectivity index (χ3n) is 10.2. The molecule has 1 aromatic carbocycles. The van der Waals surface area contributed by atoms with Crippen molar-refractivity contribution in [2.75, 3.05) is 6.61 Å². The number of unbranched alkanes of at least 4 members (excludes halogenated alkanes) is 6. The molecule has 5 rings (SSSR count). The summed E-state index contributed by atoms with van der Waals surface area (Å²) in [6, 6.07) is 10.1. The van der Waals surface area contributed by atoms with Crippen LogP contribution >= 0.6 is 0 Å². The highest BCUT2D eigenvalue weighted by Gasteiger charge is 2.48. The maximum atomic E-state index is 6.14. The number of benzene rings is 1. The maximum absolute atomic E-state index is 6.14. The fourth-order valence-electron chi connectivity index (χ4n) is 7.55. The van der Waals surface area contributed by atoms with Gasteiger partial charge in [-0.05, 0) is 105 Å². The number of allylic oxidation sites excluding steroid dienone is 1. The molecule has 0 atom stereocenters. The van der Waals surface area contributed by atoms with Crippen LogP contribution in [0.25, 0.3) is 0 Å². The molecule has 4 aliphatic rings. The van der Waals surface area contributed by atoms with Crippen molar-refractivity contribution in [3.8, 4) is 0 Å². The molecule has 0 unspecified atom stereocenters. The fraction of sp³-hybridized carbons (Fsp3) is 0.765. The summed E-state index contributed by atoms with van der Waals surface area (Å²) in [5.41, 5.74) is 4.44. The lowest BCUT2D eigenvalue weighted by atomic mass is 9.51. The van der Waals surface area contributed by atoms with Gasteiger partial charge in [-0.3, -0.25) is 0 Å². The topological polar surface area (TPSA) is 9.23 Å². The first kappa shape index (κ1) is 27.0. The molecule has 0 radical (unpaired) electrons. The fourth-order valence-corrected chi connectivity index (χ4v) is 7.55. The van der Waals surface area contributed by atoms with Gasteiger partial charge in [-0.25, -0.2) is 0 Å². The molecule has 1 aromatic rings. The Balaban J connectivity index is 1.21. The molecule has 196 valence electrons. The summed E-state index contributed by atoms with van der Waals surface area (Å²) in [6.07, 6.45) is 31.3. The molecule has 0 aromatic heterocycles. The molecular formula is C34H54O. The molecule has 0 saturated heterocycles. The predicted molar refractivity (Wildman–Crippen MR) is 151 cm³/mol. The quantitative estimate of drug-likeness (QED) is 0.191. The lowest BCUT2D eigenvalue weighted by Crippen LogP contribution is -2.44. The van der Waals surface area contributed by atoms with Gasteiger partial charge in [-0.15, -0.1) is 0 Å². The van der Waals surface area contributed by atoms with Gasteiger partial charge in [0.1, 0.15) is 0 Å². The average molecular weight is 479 g/mol. The zero-order chi connectivity index (χ0) is 24.4. The second-order valence-corrected chi connectivity index (χ2v) is 12.5. The lowest BCUT2D eigenvalue weighted by Gasteiger charge is -2.54. The van der Waals surface area contributed by atoms with E-state index in [1.54, 1.807) is 11.1 Å². The molecule has 35 heavy (non-hydrogen) atoms. The van der Waals surface area contributed by atoms with Gasteiger partial charge < -0.3 is 4.74 Å². The number of hydrogen-bond donors (Lipinski definition) is 0. The van der Waals surface area contributed by atoms with Crippen molar-refractivity contribution in [1.82, 2.24) is 0 Å². The molecule has 1 heteroatoms. The summed E-state index contributed by atoms with van der Waals surface area (Å²) >= 11 is 0. The van der Waals surface area contributed by atoms with Gasteiger partial charge in [0.05, 0.1) is 12.7 Å². The molecule has 0 amide bonds. The standard InChI is InChI=1S/C34H54O/c1-3-5-7-9-11-21-33-22-25-34(26-23-33,27-24-33)31-17-13-29(14-18-31)30-15-19-32(20-16-30)35-28-12-10-8-6-4-2/h10,12-14,17-18,30,32H,3-9,11,15-16,19-28H2,1-2H3. The summed E-state index contributed by atoms with van der Waals surface area (Å²) in [6.45, 7) is 5.38. The summed E-state index contributed by atoms with van der Waals surface area (Å²) < 4.78 is 6.14. The summed E-state index contributed by atoms with van der Waals surface area (Å²) in [7, 11) is 0. The van der Waals surface area contributed by atoms with Crippen molar-refractivity contribution in [1.29, 1.82) is 0 Å². The van der Waals surface area contributed by atoms with E-state index in [4.69, 9.17) is 4.74 Å². The monoisotopic (exact) mass is 478 g/mol. The van der Waals surface area contributed by atoms with Crippen molar-refractivity contribution >= 4 is 0 Å². The van der Waals surface area contributed by atoms with Gasteiger partial charge in [0, 0.05) is 0 Å². The van der Waals surface area contributed by atoms with E-state index in [1.807, 2.05) is 0 Å². The molecule has 4 aliphatic carbocycles. The first-order chi connectivity index (χ1) is 17.2. The van der Waals surface area contributed by atoms with Crippen molar-refractivity contribution in [3.63, 3.8) is 0 Å². The van der Waals surface area contributed by atoms with Crippen LogP contribution in [-0.4, -0.2) is 12.7 Å². The maximum Gasteiger partial charge on any atom is 0.0651 e. The Morgan fingerprint density at radius 3 is 2.06 bits per heavy atom. The largest absolute Gasteiger partial charge is 0.374 e. The second kappa shape index (κ2) is 13.5. The first-order valence-electron chi connectivity index (χ1n) is 15.6. The van der Waals surface area contributed by atoms with Crippen LogP contribution in [0, 0.1) is 5.41 Å². The zero-order valence-electron chi connectivity index (χ0n) is 23.2. The van der Waals surface area contributed by atoms with E-state index in [0.717, 1.165) is 12.5 Å². The smallest absolute Gasteiger partial charge is 0.0651 e. The molecule has 1 nitrogen and oxygen atoms in total. The highest BCUT2D eigenvalue weighted by molar-refractivity contribution is 5.33. The lowest BCUT2D eigenvalue weighted by molar-refractivity contribution is 0.0304. The third-order valence-corrected chi connectivity index (χ3v) is 10.2. The van der Waals surface area contributed by atoms with Crippen molar-refractivity contribution < 1.29 is 4.74 Å². The van der Waals surface area contributed by atoms with Gasteiger partial charge in [-0.1, -0.05) is 95.2 Å². The third kappa shape index (κ3) is 7.24. The molecule has 0 spiro atoms. The number of hydrogen-bond acceptors (Lipinski definition) is 1. The Labute approximate surface area is 217 Å². The highest BCUT2D eigenvalue weighted by atomic mass is 16.5. The zero-order valence-corrected chi connectivity index (χ0v) is 23.2.